The van der Waals surface area contributed by atoms with Gasteiger partial charge in [-0.05, 0) is 63.2 Å². The van der Waals surface area contributed by atoms with Crippen molar-refractivity contribution >= 4 is 12.9 Å². The van der Waals surface area contributed by atoms with Crippen LogP contribution in [-0.4, -0.2) is 13.7 Å². The number of ether oxygens (including phenoxy) is 1. The lowest BCUT2D eigenvalue weighted by atomic mass is 9.85. The van der Waals surface area contributed by atoms with Gasteiger partial charge >= 0.3 is 0 Å². The average Bonchev–Trinajstić information content (AvgIpc) is 2.23. The van der Waals surface area contributed by atoms with E-state index in [2.05, 4.69) is 33.7 Å². The molecule has 0 unspecified atom stereocenters. The molecular formula is C13H20O2S. The first-order valence-electron chi connectivity index (χ1n) is 5.42. The maximum atomic E-state index is 5.07. The van der Waals surface area contributed by atoms with Gasteiger partial charge in [-0.2, -0.15) is 0 Å². The minimum absolute atomic E-state index is 0.581. The van der Waals surface area contributed by atoms with Crippen molar-refractivity contribution in [2.24, 2.45) is 0 Å². The van der Waals surface area contributed by atoms with Crippen LogP contribution in [0, 0.1) is 0 Å². The number of allylic oxidation sites excluding steroid dienone is 4. The molecule has 90 valence electrons. The van der Waals surface area contributed by atoms with E-state index in [0.29, 0.717) is 6.61 Å². The molecule has 1 rings (SSSR count). The fourth-order valence-corrected chi connectivity index (χ4v) is 2.16. The number of thiol groups is 1. The molecule has 0 spiro atoms. The highest BCUT2D eigenvalue weighted by Crippen LogP contribution is 2.33. The summed E-state index contributed by atoms with van der Waals surface area (Å²) in [5.41, 5.74) is 6.70. The SMILES string of the molecule is CO/C=C(\C)C1=C(COS)CC(C)=C(C)C1. The lowest BCUT2D eigenvalue weighted by Gasteiger charge is -2.23. The smallest absolute Gasteiger partial charge is 0.0856 e. The van der Waals surface area contributed by atoms with E-state index in [1.165, 1.54) is 27.9 Å². The maximum absolute atomic E-state index is 5.07. The number of methoxy groups -OCH3 is 1. The molecule has 0 heterocycles. The fourth-order valence-electron chi connectivity index (χ4n) is 2.00. The third kappa shape index (κ3) is 3.16. The molecule has 0 aliphatic heterocycles. The van der Waals surface area contributed by atoms with Gasteiger partial charge < -0.3 is 8.92 Å². The molecule has 0 atom stereocenters. The number of rotatable bonds is 4. The van der Waals surface area contributed by atoms with Crippen LogP contribution < -0.4 is 0 Å². The summed E-state index contributed by atoms with van der Waals surface area (Å²) in [5.74, 6) is 0. The molecule has 0 N–H and O–H groups in total. The van der Waals surface area contributed by atoms with E-state index >= 15 is 0 Å². The van der Waals surface area contributed by atoms with Gasteiger partial charge in [0.1, 0.15) is 0 Å². The van der Waals surface area contributed by atoms with E-state index in [9.17, 15) is 0 Å². The lowest BCUT2D eigenvalue weighted by molar-refractivity contribution is 0.334. The molecular weight excluding hydrogens is 220 g/mol. The Morgan fingerprint density at radius 3 is 2.50 bits per heavy atom. The quantitative estimate of drug-likeness (QED) is 0.348. The third-order valence-corrected chi connectivity index (χ3v) is 3.21. The van der Waals surface area contributed by atoms with Crippen molar-refractivity contribution in [1.29, 1.82) is 0 Å². The Hall–Kier alpha value is -0.670. The predicted octanol–water partition coefficient (Wildman–Crippen LogP) is 3.82. The first-order chi connectivity index (χ1) is 7.60. The van der Waals surface area contributed by atoms with Crippen LogP contribution in [-0.2, 0) is 8.92 Å². The van der Waals surface area contributed by atoms with E-state index in [0.717, 1.165) is 12.8 Å². The van der Waals surface area contributed by atoms with Crippen molar-refractivity contribution in [2.75, 3.05) is 13.7 Å². The second-order valence-electron chi connectivity index (χ2n) is 4.31. The van der Waals surface area contributed by atoms with Crippen molar-refractivity contribution in [3.05, 3.63) is 34.1 Å². The van der Waals surface area contributed by atoms with E-state index < -0.39 is 0 Å². The van der Waals surface area contributed by atoms with Gasteiger partial charge in [-0.25, -0.2) is 0 Å². The Labute approximate surface area is 104 Å². The van der Waals surface area contributed by atoms with Crippen molar-refractivity contribution < 1.29 is 8.92 Å². The van der Waals surface area contributed by atoms with Gasteiger partial charge in [0.15, 0.2) is 0 Å². The number of hydrogen-bond donors (Lipinski definition) is 1. The van der Waals surface area contributed by atoms with E-state index in [1.54, 1.807) is 13.4 Å². The van der Waals surface area contributed by atoms with Crippen molar-refractivity contribution in [3.8, 4) is 0 Å². The lowest BCUT2D eigenvalue weighted by Crippen LogP contribution is -2.07. The zero-order valence-corrected chi connectivity index (χ0v) is 11.4. The van der Waals surface area contributed by atoms with Crippen LogP contribution in [0.5, 0.6) is 0 Å². The van der Waals surface area contributed by atoms with Gasteiger partial charge in [-0.3, -0.25) is 0 Å². The van der Waals surface area contributed by atoms with Gasteiger partial charge in [-0.15, -0.1) is 0 Å². The topological polar surface area (TPSA) is 18.5 Å². The molecule has 0 aromatic rings. The summed E-state index contributed by atoms with van der Waals surface area (Å²) in [7, 11) is 1.68. The summed E-state index contributed by atoms with van der Waals surface area (Å²) in [6, 6.07) is 0. The molecule has 0 saturated carbocycles. The van der Waals surface area contributed by atoms with Gasteiger partial charge in [0.05, 0.1) is 20.0 Å². The molecule has 0 saturated heterocycles. The highest BCUT2D eigenvalue weighted by Gasteiger charge is 2.17. The number of hydrogen-bond acceptors (Lipinski definition) is 3. The highest BCUT2D eigenvalue weighted by atomic mass is 32.1. The Bertz CT molecular complexity index is 351. The Kier molecular flexibility index (Phi) is 5.16. The molecule has 16 heavy (non-hydrogen) atoms. The van der Waals surface area contributed by atoms with E-state index in [-0.39, 0.29) is 0 Å². The van der Waals surface area contributed by atoms with E-state index in [4.69, 9.17) is 8.92 Å². The Morgan fingerprint density at radius 2 is 1.94 bits per heavy atom. The van der Waals surface area contributed by atoms with Crippen LogP contribution in [0.15, 0.2) is 34.1 Å². The summed E-state index contributed by atoms with van der Waals surface area (Å²) in [5, 5.41) is 0. The summed E-state index contributed by atoms with van der Waals surface area (Å²) in [4.78, 5) is 0. The second-order valence-corrected chi connectivity index (χ2v) is 4.56. The largest absolute Gasteiger partial charge is 0.504 e. The molecule has 0 aromatic carbocycles. The maximum Gasteiger partial charge on any atom is 0.0856 e. The van der Waals surface area contributed by atoms with Crippen LogP contribution in [0.1, 0.15) is 33.6 Å². The fraction of sp³-hybridized carbons (Fsp3) is 0.538. The second kappa shape index (κ2) is 6.16. The predicted molar refractivity (Wildman–Crippen MR) is 70.3 cm³/mol. The van der Waals surface area contributed by atoms with Crippen molar-refractivity contribution in [3.63, 3.8) is 0 Å². The van der Waals surface area contributed by atoms with Gasteiger partial charge in [0, 0.05) is 0 Å². The normalized spacial score (nSPS) is 18.2. The van der Waals surface area contributed by atoms with Gasteiger partial charge in [0.2, 0.25) is 0 Å². The van der Waals surface area contributed by atoms with E-state index in [1.807, 2.05) is 0 Å². The molecule has 0 aromatic heterocycles. The zero-order valence-electron chi connectivity index (χ0n) is 10.5. The Morgan fingerprint density at radius 1 is 1.31 bits per heavy atom. The molecule has 2 nitrogen and oxygen atoms in total. The zero-order chi connectivity index (χ0) is 12.1. The molecule has 0 amide bonds. The van der Waals surface area contributed by atoms with Crippen LogP contribution in [0.25, 0.3) is 0 Å². The Balaban J connectivity index is 2.99. The van der Waals surface area contributed by atoms with Gasteiger partial charge in [0.25, 0.3) is 0 Å². The molecule has 3 heteroatoms. The minimum atomic E-state index is 0.581. The molecule has 1 aliphatic rings. The van der Waals surface area contributed by atoms with Crippen LogP contribution >= 0.6 is 12.9 Å². The molecule has 1 aliphatic carbocycles. The van der Waals surface area contributed by atoms with Crippen LogP contribution in [0.3, 0.4) is 0 Å². The molecule has 0 radical (unpaired) electrons. The van der Waals surface area contributed by atoms with Crippen molar-refractivity contribution in [1.82, 2.24) is 0 Å². The van der Waals surface area contributed by atoms with Crippen molar-refractivity contribution in [2.45, 2.75) is 33.6 Å². The van der Waals surface area contributed by atoms with Crippen LogP contribution in [0.2, 0.25) is 0 Å². The monoisotopic (exact) mass is 240 g/mol. The highest BCUT2D eigenvalue weighted by molar-refractivity contribution is 7.75. The summed E-state index contributed by atoms with van der Waals surface area (Å²) in [6.45, 7) is 7.02. The first kappa shape index (κ1) is 13.4. The molecule has 0 fully saturated rings. The van der Waals surface area contributed by atoms with Crippen LogP contribution in [0.4, 0.5) is 0 Å². The molecule has 0 bridgehead atoms. The third-order valence-electron chi connectivity index (χ3n) is 3.09. The average molecular weight is 240 g/mol. The summed E-state index contributed by atoms with van der Waals surface area (Å²) < 4.78 is 10.0. The minimum Gasteiger partial charge on any atom is -0.504 e. The summed E-state index contributed by atoms with van der Waals surface area (Å²) >= 11 is 3.84. The summed E-state index contributed by atoms with van der Waals surface area (Å²) in [6.07, 6.45) is 3.77. The van der Waals surface area contributed by atoms with Gasteiger partial charge in [-0.1, -0.05) is 11.1 Å². The standard InChI is InChI=1S/C13H20O2S/c1-9-5-12(8-15-16)13(6-10(9)2)11(3)7-14-4/h7,16H,5-6,8H2,1-4H3/b11-7+. The first-order valence-corrected chi connectivity index (χ1v) is 5.79.